The van der Waals surface area contributed by atoms with E-state index in [4.69, 9.17) is 9.47 Å². The minimum absolute atomic E-state index is 0.282. The maximum atomic E-state index is 13.4. The van der Waals surface area contributed by atoms with Gasteiger partial charge >= 0.3 is 0 Å². The van der Waals surface area contributed by atoms with Gasteiger partial charge in [0.15, 0.2) is 6.10 Å². The lowest BCUT2D eigenvalue weighted by atomic mass is 10.1. The smallest absolute Gasteiger partial charge is 0.258 e. The van der Waals surface area contributed by atoms with Crippen LogP contribution in [0.15, 0.2) is 48.5 Å². The molecule has 0 saturated heterocycles. The predicted molar refractivity (Wildman–Crippen MR) is 82.4 cm³/mol. The first-order valence-electron chi connectivity index (χ1n) is 6.96. The van der Waals surface area contributed by atoms with Crippen LogP contribution in [0.5, 0.6) is 5.75 Å². The molecule has 4 nitrogen and oxygen atoms in total. The van der Waals surface area contributed by atoms with Gasteiger partial charge in [-0.2, -0.15) is 0 Å². The van der Waals surface area contributed by atoms with Crippen molar-refractivity contribution in [3.63, 3.8) is 0 Å². The van der Waals surface area contributed by atoms with Crippen LogP contribution in [-0.4, -0.2) is 19.6 Å². The van der Waals surface area contributed by atoms with E-state index in [9.17, 15) is 9.18 Å². The second-order valence-corrected chi connectivity index (χ2v) is 4.59. The molecule has 1 atom stereocenters. The molecule has 0 aliphatic carbocycles. The van der Waals surface area contributed by atoms with Crippen molar-refractivity contribution in [2.24, 2.45) is 0 Å². The number of carbonyl (C=O) groups excluding carboxylic acids is 1. The van der Waals surface area contributed by atoms with Crippen LogP contribution >= 0.6 is 0 Å². The highest BCUT2D eigenvalue weighted by Crippen LogP contribution is 2.27. The molecule has 116 valence electrons. The van der Waals surface area contributed by atoms with Gasteiger partial charge < -0.3 is 14.8 Å². The molecule has 22 heavy (non-hydrogen) atoms. The van der Waals surface area contributed by atoms with Gasteiger partial charge in [-0.25, -0.2) is 4.39 Å². The van der Waals surface area contributed by atoms with Crippen LogP contribution < -0.4 is 10.1 Å². The molecule has 2 aromatic rings. The van der Waals surface area contributed by atoms with Crippen LogP contribution in [0.2, 0.25) is 0 Å². The number of ether oxygens (including phenoxy) is 2. The average Bonchev–Trinajstić information content (AvgIpc) is 2.52. The number of hydrogen-bond acceptors (Lipinski definition) is 3. The Hall–Kier alpha value is -2.40. The van der Waals surface area contributed by atoms with Crippen molar-refractivity contribution >= 4 is 11.6 Å². The summed E-state index contributed by atoms with van der Waals surface area (Å²) in [7, 11) is 1.45. The highest BCUT2D eigenvalue weighted by Gasteiger charge is 2.21. The van der Waals surface area contributed by atoms with Crippen LogP contribution in [0.3, 0.4) is 0 Å². The van der Waals surface area contributed by atoms with Gasteiger partial charge in [0, 0.05) is 13.2 Å². The second-order valence-electron chi connectivity index (χ2n) is 4.59. The van der Waals surface area contributed by atoms with E-state index in [1.54, 1.807) is 12.1 Å². The molecule has 1 amide bonds. The SMILES string of the molecule is CCOc1ccc(F)cc1NC(=O)[C@H](OC)c1ccccc1. The molecule has 0 aliphatic rings. The van der Waals surface area contributed by atoms with Crippen LogP contribution in [0.25, 0.3) is 0 Å². The van der Waals surface area contributed by atoms with Gasteiger partial charge in [0.2, 0.25) is 0 Å². The molecule has 0 aromatic heterocycles. The minimum Gasteiger partial charge on any atom is -0.492 e. The summed E-state index contributed by atoms with van der Waals surface area (Å²) < 4.78 is 24.0. The fourth-order valence-electron chi connectivity index (χ4n) is 2.10. The van der Waals surface area contributed by atoms with Gasteiger partial charge in [-0.3, -0.25) is 4.79 Å². The van der Waals surface area contributed by atoms with E-state index >= 15 is 0 Å². The van der Waals surface area contributed by atoms with Gasteiger partial charge in [0.25, 0.3) is 5.91 Å². The first-order chi connectivity index (χ1) is 10.7. The van der Waals surface area contributed by atoms with E-state index in [2.05, 4.69) is 5.32 Å². The van der Waals surface area contributed by atoms with E-state index < -0.39 is 11.9 Å². The Morgan fingerprint density at radius 1 is 1.23 bits per heavy atom. The number of hydrogen-bond donors (Lipinski definition) is 1. The van der Waals surface area contributed by atoms with Crippen molar-refractivity contribution in [1.82, 2.24) is 0 Å². The molecular formula is C17H18FNO3. The van der Waals surface area contributed by atoms with Crippen molar-refractivity contribution in [1.29, 1.82) is 0 Å². The molecule has 0 bridgehead atoms. The van der Waals surface area contributed by atoms with Gasteiger partial charge in [-0.15, -0.1) is 0 Å². The third-order valence-electron chi connectivity index (χ3n) is 3.08. The van der Waals surface area contributed by atoms with E-state index in [1.807, 2.05) is 25.1 Å². The average molecular weight is 303 g/mol. The summed E-state index contributed by atoms with van der Waals surface area (Å²) >= 11 is 0. The fourth-order valence-corrected chi connectivity index (χ4v) is 2.10. The number of rotatable bonds is 6. The first kappa shape index (κ1) is 16.0. The van der Waals surface area contributed by atoms with Crippen molar-refractivity contribution < 1.29 is 18.7 Å². The normalized spacial score (nSPS) is 11.8. The molecule has 0 fully saturated rings. The summed E-state index contributed by atoms with van der Waals surface area (Å²) in [6.07, 6.45) is -0.779. The largest absolute Gasteiger partial charge is 0.492 e. The van der Waals surface area contributed by atoms with Gasteiger partial charge in [0.05, 0.1) is 12.3 Å². The Kier molecular flexibility index (Phi) is 5.49. The zero-order chi connectivity index (χ0) is 15.9. The maximum Gasteiger partial charge on any atom is 0.258 e. The fraction of sp³-hybridized carbons (Fsp3) is 0.235. The predicted octanol–water partition coefficient (Wildman–Crippen LogP) is 3.55. The molecule has 0 heterocycles. The summed E-state index contributed by atoms with van der Waals surface area (Å²) in [5.74, 6) is -0.423. The van der Waals surface area contributed by atoms with Crippen LogP contribution in [0, 0.1) is 5.82 Å². The molecule has 5 heteroatoms. The van der Waals surface area contributed by atoms with Gasteiger partial charge in [-0.1, -0.05) is 30.3 Å². The number of anilines is 1. The number of benzene rings is 2. The van der Waals surface area contributed by atoms with Crippen LogP contribution in [-0.2, 0) is 9.53 Å². The highest BCUT2D eigenvalue weighted by atomic mass is 19.1. The quantitative estimate of drug-likeness (QED) is 0.887. The molecule has 1 N–H and O–H groups in total. The monoisotopic (exact) mass is 303 g/mol. The van der Waals surface area contributed by atoms with Crippen molar-refractivity contribution in [2.75, 3.05) is 19.0 Å². The van der Waals surface area contributed by atoms with Crippen LogP contribution in [0.1, 0.15) is 18.6 Å². The Labute approximate surface area is 128 Å². The number of carbonyl (C=O) groups is 1. The van der Waals surface area contributed by atoms with Crippen molar-refractivity contribution in [3.05, 3.63) is 59.9 Å². The van der Waals surface area contributed by atoms with Crippen molar-refractivity contribution in [3.8, 4) is 5.75 Å². The van der Waals surface area contributed by atoms with E-state index in [0.29, 0.717) is 12.4 Å². The molecule has 0 unspecified atom stereocenters. The molecule has 0 saturated carbocycles. The molecule has 2 aromatic carbocycles. The summed E-state index contributed by atoms with van der Waals surface area (Å²) in [5, 5.41) is 2.66. The number of amides is 1. The lowest BCUT2D eigenvalue weighted by Crippen LogP contribution is -2.23. The Morgan fingerprint density at radius 2 is 1.95 bits per heavy atom. The standard InChI is InChI=1S/C17H18FNO3/c1-3-22-15-10-9-13(18)11-14(15)19-17(20)16(21-2)12-7-5-4-6-8-12/h4-11,16H,3H2,1-2H3,(H,19,20)/t16-/m1/s1. The summed E-state index contributed by atoms with van der Waals surface area (Å²) in [5.41, 5.74) is 1.00. The molecule has 0 spiro atoms. The molecule has 0 aliphatic heterocycles. The molecule has 0 radical (unpaired) electrons. The van der Waals surface area contributed by atoms with E-state index in [1.165, 1.54) is 25.3 Å². The Bertz CT molecular complexity index is 631. The zero-order valence-electron chi connectivity index (χ0n) is 12.5. The zero-order valence-corrected chi connectivity index (χ0v) is 12.5. The Morgan fingerprint density at radius 3 is 2.59 bits per heavy atom. The lowest BCUT2D eigenvalue weighted by molar-refractivity contribution is -0.126. The third-order valence-corrected chi connectivity index (χ3v) is 3.08. The number of halogens is 1. The second kappa shape index (κ2) is 7.56. The summed E-state index contributed by atoms with van der Waals surface area (Å²) in [6.45, 7) is 2.23. The molecule has 2 rings (SSSR count). The summed E-state index contributed by atoms with van der Waals surface area (Å²) in [4.78, 5) is 12.4. The highest BCUT2D eigenvalue weighted by molar-refractivity contribution is 5.96. The summed E-state index contributed by atoms with van der Waals surface area (Å²) in [6, 6.07) is 13.1. The van der Waals surface area contributed by atoms with E-state index in [-0.39, 0.29) is 11.6 Å². The number of nitrogens with one attached hydrogen (secondary N) is 1. The van der Waals surface area contributed by atoms with E-state index in [0.717, 1.165) is 5.56 Å². The van der Waals surface area contributed by atoms with Gasteiger partial charge in [0.1, 0.15) is 11.6 Å². The molecular weight excluding hydrogens is 285 g/mol. The lowest BCUT2D eigenvalue weighted by Gasteiger charge is -2.17. The minimum atomic E-state index is -0.779. The first-order valence-corrected chi connectivity index (χ1v) is 6.96. The number of methoxy groups -OCH3 is 1. The van der Waals surface area contributed by atoms with Gasteiger partial charge in [-0.05, 0) is 24.6 Å². The maximum absolute atomic E-state index is 13.4. The topological polar surface area (TPSA) is 47.6 Å². The van der Waals surface area contributed by atoms with Crippen LogP contribution in [0.4, 0.5) is 10.1 Å². The van der Waals surface area contributed by atoms with Crippen molar-refractivity contribution in [2.45, 2.75) is 13.0 Å². The Balaban J connectivity index is 2.22. The third kappa shape index (κ3) is 3.83.